The van der Waals surface area contributed by atoms with E-state index in [1.165, 1.54) is 18.2 Å². The van der Waals surface area contributed by atoms with Crippen LogP contribution in [0.3, 0.4) is 0 Å². The number of primary sulfonamides is 1. The Kier molecular flexibility index (Phi) is 5.13. The molecule has 0 radical (unpaired) electrons. The van der Waals surface area contributed by atoms with Gasteiger partial charge in [0.05, 0.1) is 4.90 Å². The highest BCUT2D eigenvalue weighted by Gasteiger charge is 2.20. The number of benzene rings is 1. The molecule has 3 N–H and O–H groups in total. The third kappa shape index (κ3) is 4.21. The first-order valence-corrected chi connectivity index (χ1v) is 7.89. The van der Waals surface area contributed by atoms with Crippen molar-refractivity contribution >= 4 is 21.7 Å². The minimum atomic E-state index is -3.78. The molecule has 0 fully saturated rings. The van der Waals surface area contributed by atoms with E-state index < -0.39 is 10.0 Å². The number of anilines is 1. The molecule has 0 atom stereocenters. The monoisotopic (exact) mass is 299 g/mol. The Morgan fingerprint density at radius 2 is 1.75 bits per heavy atom. The van der Waals surface area contributed by atoms with Crippen LogP contribution in [0.5, 0.6) is 0 Å². The van der Waals surface area contributed by atoms with Crippen molar-refractivity contribution in [2.45, 2.75) is 44.7 Å². The van der Waals surface area contributed by atoms with Crippen LogP contribution in [0.1, 0.15) is 27.7 Å². The molecule has 0 aromatic heterocycles. The molecule has 112 valence electrons. The maximum Gasteiger partial charge on any atom is 0.322 e. The van der Waals surface area contributed by atoms with Crippen molar-refractivity contribution in [2.75, 3.05) is 5.32 Å². The molecule has 6 nitrogen and oxygen atoms in total. The predicted octanol–water partition coefficient (Wildman–Crippen LogP) is 1.98. The Hall–Kier alpha value is -1.60. The molecular weight excluding hydrogens is 278 g/mol. The zero-order valence-corrected chi connectivity index (χ0v) is 12.9. The van der Waals surface area contributed by atoms with Gasteiger partial charge in [0.15, 0.2) is 0 Å². The molecule has 0 saturated heterocycles. The lowest BCUT2D eigenvalue weighted by atomic mass is 10.2. The number of urea groups is 1. The van der Waals surface area contributed by atoms with Gasteiger partial charge in [-0.25, -0.2) is 18.4 Å². The summed E-state index contributed by atoms with van der Waals surface area (Å²) in [5.41, 5.74) is 0.396. The first-order valence-electron chi connectivity index (χ1n) is 6.35. The van der Waals surface area contributed by atoms with Gasteiger partial charge >= 0.3 is 6.03 Å². The molecule has 2 amide bonds. The Bertz CT molecular complexity index is 574. The van der Waals surface area contributed by atoms with Crippen LogP contribution < -0.4 is 10.5 Å². The lowest BCUT2D eigenvalue weighted by Gasteiger charge is -2.30. The summed E-state index contributed by atoms with van der Waals surface area (Å²) in [4.78, 5) is 13.8. The molecule has 7 heteroatoms. The standard InChI is InChI=1S/C13H21N3O3S/c1-9(2)16(10(3)4)13(17)15-11-6-5-7-12(8-11)20(14,18)19/h5-10H,1-4H3,(H,15,17)(H2,14,18,19). The summed E-state index contributed by atoms with van der Waals surface area (Å²) in [5, 5.41) is 7.75. The van der Waals surface area contributed by atoms with Gasteiger partial charge in [0.2, 0.25) is 10.0 Å². The van der Waals surface area contributed by atoms with Gasteiger partial charge in [0.1, 0.15) is 0 Å². The zero-order valence-electron chi connectivity index (χ0n) is 12.1. The average Bonchev–Trinajstić information content (AvgIpc) is 2.26. The number of carbonyl (C=O) groups excluding carboxylic acids is 1. The maximum atomic E-state index is 12.2. The highest BCUT2D eigenvalue weighted by Crippen LogP contribution is 2.16. The third-order valence-electron chi connectivity index (χ3n) is 2.76. The second-order valence-corrected chi connectivity index (χ2v) is 6.66. The van der Waals surface area contributed by atoms with Gasteiger partial charge in [-0.1, -0.05) is 6.07 Å². The summed E-state index contributed by atoms with van der Waals surface area (Å²) < 4.78 is 22.6. The zero-order chi connectivity index (χ0) is 15.5. The molecule has 0 aliphatic heterocycles. The Labute approximate surface area is 120 Å². The van der Waals surface area contributed by atoms with E-state index in [4.69, 9.17) is 5.14 Å². The van der Waals surface area contributed by atoms with Crippen molar-refractivity contribution in [3.05, 3.63) is 24.3 Å². The second kappa shape index (κ2) is 6.23. The molecule has 0 aliphatic carbocycles. The van der Waals surface area contributed by atoms with E-state index in [0.29, 0.717) is 5.69 Å². The fraction of sp³-hybridized carbons (Fsp3) is 0.462. The fourth-order valence-corrected chi connectivity index (χ4v) is 2.56. The van der Waals surface area contributed by atoms with E-state index in [9.17, 15) is 13.2 Å². The molecule has 0 saturated carbocycles. The summed E-state index contributed by atoms with van der Waals surface area (Å²) in [6.45, 7) is 7.67. The van der Waals surface area contributed by atoms with Crippen molar-refractivity contribution in [2.24, 2.45) is 5.14 Å². The van der Waals surface area contributed by atoms with E-state index in [-0.39, 0.29) is 23.0 Å². The van der Waals surface area contributed by atoms with E-state index in [2.05, 4.69) is 5.32 Å². The molecule has 1 aromatic rings. The SMILES string of the molecule is CC(C)N(C(=O)Nc1cccc(S(N)(=O)=O)c1)C(C)C. The normalized spacial score (nSPS) is 11.8. The van der Waals surface area contributed by atoms with Crippen molar-refractivity contribution in [3.8, 4) is 0 Å². The minimum Gasteiger partial charge on any atom is -0.320 e. The third-order valence-corrected chi connectivity index (χ3v) is 3.67. The van der Waals surface area contributed by atoms with Crippen molar-refractivity contribution in [1.82, 2.24) is 4.90 Å². The van der Waals surface area contributed by atoms with Crippen LogP contribution in [-0.4, -0.2) is 31.4 Å². The van der Waals surface area contributed by atoms with Crippen molar-refractivity contribution in [3.63, 3.8) is 0 Å². The van der Waals surface area contributed by atoms with Gasteiger partial charge in [-0.3, -0.25) is 0 Å². The highest BCUT2D eigenvalue weighted by atomic mass is 32.2. The summed E-state index contributed by atoms with van der Waals surface area (Å²) in [5.74, 6) is 0. The number of sulfonamides is 1. The molecule has 1 aromatic carbocycles. The number of amides is 2. The van der Waals surface area contributed by atoms with Gasteiger partial charge in [-0.05, 0) is 45.9 Å². The number of carbonyl (C=O) groups is 1. The molecule has 0 heterocycles. The Balaban J connectivity index is 2.96. The lowest BCUT2D eigenvalue weighted by Crippen LogP contribution is -2.44. The van der Waals surface area contributed by atoms with Gasteiger partial charge in [0.25, 0.3) is 0 Å². The van der Waals surface area contributed by atoms with Gasteiger partial charge in [-0.2, -0.15) is 0 Å². The maximum absolute atomic E-state index is 12.2. The smallest absolute Gasteiger partial charge is 0.320 e. The van der Waals surface area contributed by atoms with E-state index in [1.807, 2.05) is 27.7 Å². The summed E-state index contributed by atoms with van der Waals surface area (Å²) in [6, 6.07) is 5.67. The molecular formula is C13H21N3O3S. The lowest BCUT2D eigenvalue weighted by molar-refractivity contribution is 0.178. The van der Waals surface area contributed by atoms with Crippen LogP contribution in [0.2, 0.25) is 0 Å². The Morgan fingerprint density at radius 3 is 2.20 bits per heavy atom. The van der Waals surface area contributed by atoms with Crippen LogP contribution in [0.15, 0.2) is 29.2 Å². The first-order chi connectivity index (χ1) is 9.12. The van der Waals surface area contributed by atoms with Crippen molar-refractivity contribution < 1.29 is 13.2 Å². The number of hydrogen-bond acceptors (Lipinski definition) is 3. The predicted molar refractivity (Wildman–Crippen MR) is 78.9 cm³/mol. The molecule has 20 heavy (non-hydrogen) atoms. The average molecular weight is 299 g/mol. The number of nitrogens with two attached hydrogens (primary N) is 1. The largest absolute Gasteiger partial charge is 0.322 e. The summed E-state index contributed by atoms with van der Waals surface area (Å²) >= 11 is 0. The molecule has 0 spiro atoms. The molecule has 0 unspecified atom stereocenters. The van der Waals surface area contributed by atoms with Crippen molar-refractivity contribution in [1.29, 1.82) is 0 Å². The van der Waals surface area contributed by atoms with E-state index in [1.54, 1.807) is 11.0 Å². The summed E-state index contributed by atoms with van der Waals surface area (Å²) in [7, 11) is -3.78. The molecule has 0 aliphatic rings. The van der Waals surface area contributed by atoms with E-state index in [0.717, 1.165) is 0 Å². The van der Waals surface area contributed by atoms with Crippen LogP contribution in [0, 0.1) is 0 Å². The highest BCUT2D eigenvalue weighted by molar-refractivity contribution is 7.89. The summed E-state index contributed by atoms with van der Waals surface area (Å²) in [6.07, 6.45) is 0. The molecule has 0 bridgehead atoms. The van der Waals surface area contributed by atoms with E-state index >= 15 is 0 Å². The first kappa shape index (κ1) is 16.5. The quantitative estimate of drug-likeness (QED) is 0.890. The van der Waals surface area contributed by atoms with Crippen LogP contribution in [-0.2, 0) is 10.0 Å². The number of nitrogens with zero attached hydrogens (tertiary/aromatic N) is 1. The fourth-order valence-electron chi connectivity index (χ4n) is 2.00. The Morgan fingerprint density at radius 1 is 1.20 bits per heavy atom. The van der Waals surface area contributed by atoms with Gasteiger partial charge in [-0.15, -0.1) is 0 Å². The van der Waals surface area contributed by atoms with Gasteiger partial charge < -0.3 is 10.2 Å². The number of hydrogen-bond donors (Lipinski definition) is 2. The number of nitrogens with one attached hydrogen (secondary N) is 1. The topological polar surface area (TPSA) is 92.5 Å². The second-order valence-electron chi connectivity index (χ2n) is 5.10. The van der Waals surface area contributed by atoms with Gasteiger partial charge in [0, 0.05) is 17.8 Å². The number of rotatable bonds is 4. The van der Waals surface area contributed by atoms with Crippen LogP contribution in [0.4, 0.5) is 10.5 Å². The molecule has 1 rings (SSSR count). The van der Waals surface area contributed by atoms with Crippen LogP contribution >= 0.6 is 0 Å². The minimum absolute atomic E-state index is 0.0315. The van der Waals surface area contributed by atoms with Crippen LogP contribution in [0.25, 0.3) is 0 Å².